The van der Waals surface area contributed by atoms with Gasteiger partial charge in [0.15, 0.2) is 5.78 Å². The maximum absolute atomic E-state index is 12.0. The standard InChI is InChI=1S/C13H11BrClNO2/c1-7-13(12(18)6-14)10-5-9(15)3-4-11(10)16(7)8(2)17/h3-5H,6H2,1-2H3. The lowest BCUT2D eigenvalue weighted by molar-refractivity contribution is 0.0939. The SMILES string of the molecule is CC(=O)n1c(C)c(C(=O)CBr)c2cc(Cl)ccc21. The van der Waals surface area contributed by atoms with E-state index < -0.39 is 0 Å². The number of nitrogens with zero attached hydrogens (tertiary/aromatic N) is 1. The second-order valence-electron chi connectivity index (χ2n) is 4.03. The Labute approximate surface area is 118 Å². The quantitative estimate of drug-likeness (QED) is 0.620. The summed E-state index contributed by atoms with van der Waals surface area (Å²) in [5.74, 6) is -0.173. The molecule has 0 N–H and O–H groups in total. The number of fused-ring (bicyclic) bond motifs is 1. The van der Waals surface area contributed by atoms with Gasteiger partial charge in [-0.15, -0.1) is 0 Å². The number of aromatic nitrogens is 1. The van der Waals surface area contributed by atoms with Crippen LogP contribution in [-0.4, -0.2) is 21.6 Å². The highest BCUT2D eigenvalue weighted by atomic mass is 79.9. The molecule has 0 atom stereocenters. The van der Waals surface area contributed by atoms with Gasteiger partial charge in [0.2, 0.25) is 5.91 Å². The van der Waals surface area contributed by atoms with E-state index in [1.54, 1.807) is 29.7 Å². The van der Waals surface area contributed by atoms with Crippen molar-refractivity contribution in [3.8, 4) is 0 Å². The number of halogens is 2. The fourth-order valence-electron chi connectivity index (χ4n) is 2.22. The van der Waals surface area contributed by atoms with Gasteiger partial charge in [-0.25, -0.2) is 0 Å². The van der Waals surface area contributed by atoms with Crippen molar-refractivity contribution in [2.45, 2.75) is 13.8 Å². The van der Waals surface area contributed by atoms with Crippen LogP contribution < -0.4 is 0 Å². The number of hydrogen-bond acceptors (Lipinski definition) is 2. The van der Waals surface area contributed by atoms with Gasteiger partial charge in [0.25, 0.3) is 0 Å². The number of ketones is 1. The Morgan fingerprint density at radius 2 is 2.06 bits per heavy atom. The van der Waals surface area contributed by atoms with E-state index in [0.717, 1.165) is 5.39 Å². The molecule has 3 nitrogen and oxygen atoms in total. The fourth-order valence-corrected chi connectivity index (χ4v) is 2.67. The summed E-state index contributed by atoms with van der Waals surface area (Å²) in [6, 6.07) is 5.20. The molecule has 0 amide bonds. The monoisotopic (exact) mass is 327 g/mol. The van der Waals surface area contributed by atoms with Crippen LogP contribution in [0.15, 0.2) is 18.2 Å². The highest BCUT2D eigenvalue weighted by Crippen LogP contribution is 2.29. The Hall–Kier alpha value is -1.13. The van der Waals surface area contributed by atoms with Crippen LogP contribution in [0.5, 0.6) is 0 Å². The van der Waals surface area contributed by atoms with Gasteiger partial charge in [0.05, 0.1) is 10.8 Å². The Morgan fingerprint density at radius 1 is 1.39 bits per heavy atom. The van der Waals surface area contributed by atoms with E-state index >= 15 is 0 Å². The first-order valence-electron chi connectivity index (χ1n) is 5.38. The van der Waals surface area contributed by atoms with Crippen LogP contribution in [0.3, 0.4) is 0 Å². The minimum absolute atomic E-state index is 0.0558. The largest absolute Gasteiger partial charge is 0.293 e. The van der Waals surface area contributed by atoms with E-state index in [0.29, 0.717) is 21.8 Å². The number of rotatable bonds is 2. The first kappa shape index (κ1) is 13.3. The van der Waals surface area contributed by atoms with Crippen molar-refractivity contribution in [3.05, 3.63) is 34.5 Å². The summed E-state index contributed by atoms with van der Waals surface area (Å²) in [6.07, 6.45) is 0. The fraction of sp³-hybridized carbons (Fsp3) is 0.231. The average molecular weight is 329 g/mol. The number of alkyl halides is 1. The highest BCUT2D eigenvalue weighted by Gasteiger charge is 2.20. The molecule has 0 unspecified atom stereocenters. The topological polar surface area (TPSA) is 39.1 Å². The molecule has 0 aliphatic rings. The minimum Gasteiger partial charge on any atom is -0.293 e. The third-order valence-electron chi connectivity index (χ3n) is 2.88. The molecule has 5 heteroatoms. The van der Waals surface area contributed by atoms with Crippen LogP contribution in [0.25, 0.3) is 10.9 Å². The number of carbonyl (C=O) groups is 2. The van der Waals surface area contributed by atoms with Crippen LogP contribution in [0, 0.1) is 6.92 Å². The molecule has 0 saturated carbocycles. The van der Waals surface area contributed by atoms with Crippen molar-refractivity contribution >= 4 is 50.1 Å². The second kappa shape index (κ2) is 4.86. The number of Topliss-reactive ketones (excluding diaryl/α,β-unsaturated/α-hetero) is 1. The van der Waals surface area contributed by atoms with Crippen LogP contribution in [-0.2, 0) is 0 Å². The van der Waals surface area contributed by atoms with E-state index in [4.69, 9.17) is 11.6 Å². The molecular formula is C13H11BrClNO2. The summed E-state index contributed by atoms with van der Waals surface area (Å²) in [6.45, 7) is 3.24. The zero-order chi connectivity index (χ0) is 13.4. The van der Waals surface area contributed by atoms with Crippen LogP contribution >= 0.6 is 27.5 Å². The van der Waals surface area contributed by atoms with E-state index in [-0.39, 0.29) is 17.0 Å². The van der Waals surface area contributed by atoms with Crippen molar-refractivity contribution in [3.63, 3.8) is 0 Å². The van der Waals surface area contributed by atoms with Crippen molar-refractivity contribution in [2.75, 3.05) is 5.33 Å². The number of carbonyl (C=O) groups excluding carboxylic acids is 2. The van der Waals surface area contributed by atoms with Gasteiger partial charge < -0.3 is 0 Å². The Balaban J connectivity index is 2.92. The van der Waals surface area contributed by atoms with Gasteiger partial charge in [-0.1, -0.05) is 27.5 Å². The lowest BCUT2D eigenvalue weighted by atomic mass is 10.1. The molecule has 18 heavy (non-hydrogen) atoms. The lowest BCUT2D eigenvalue weighted by Gasteiger charge is -2.02. The second-order valence-corrected chi connectivity index (χ2v) is 5.03. The molecule has 0 bridgehead atoms. The molecule has 94 valence electrons. The van der Waals surface area contributed by atoms with Crippen molar-refractivity contribution in [1.29, 1.82) is 0 Å². The van der Waals surface area contributed by atoms with Crippen LogP contribution in [0.1, 0.15) is 27.8 Å². The third kappa shape index (κ3) is 1.99. The van der Waals surface area contributed by atoms with Gasteiger partial charge in [-0.3, -0.25) is 14.2 Å². The summed E-state index contributed by atoms with van der Waals surface area (Å²) in [4.78, 5) is 23.7. The molecule has 1 aromatic carbocycles. The maximum atomic E-state index is 12.0. The Kier molecular flexibility index (Phi) is 3.59. The van der Waals surface area contributed by atoms with Crippen molar-refractivity contribution in [1.82, 2.24) is 4.57 Å². The maximum Gasteiger partial charge on any atom is 0.228 e. The van der Waals surface area contributed by atoms with Gasteiger partial charge >= 0.3 is 0 Å². The van der Waals surface area contributed by atoms with Crippen molar-refractivity contribution in [2.24, 2.45) is 0 Å². The Morgan fingerprint density at radius 3 is 2.61 bits per heavy atom. The molecular weight excluding hydrogens is 318 g/mol. The molecule has 0 saturated heterocycles. The third-order valence-corrected chi connectivity index (χ3v) is 3.63. The zero-order valence-corrected chi connectivity index (χ0v) is 12.3. The van der Waals surface area contributed by atoms with Gasteiger partial charge in [0, 0.05) is 28.6 Å². The normalized spacial score (nSPS) is 10.9. The molecule has 0 radical (unpaired) electrons. The Bertz CT molecular complexity index is 661. The van der Waals surface area contributed by atoms with E-state index in [2.05, 4.69) is 15.9 Å². The summed E-state index contributed by atoms with van der Waals surface area (Å²) in [7, 11) is 0. The molecule has 0 aliphatic carbocycles. The van der Waals surface area contributed by atoms with Gasteiger partial charge in [-0.2, -0.15) is 0 Å². The number of hydrogen-bond donors (Lipinski definition) is 0. The molecule has 1 aromatic heterocycles. The smallest absolute Gasteiger partial charge is 0.228 e. The zero-order valence-electron chi connectivity index (χ0n) is 9.96. The summed E-state index contributed by atoms with van der Waals surface area (Å²) in [5, 5.41) is 1.49. The van der Waals surface area contributed by atoms with E-state index in [9.17, 15) is 9.59 Å². The summed E-state index contributed by atoms with van der Waals surface area (Å²) >= 11 is 9.12. The van der Waals surface area contributed by atoms with E-state index in [1.165, 1.54) is 6.92 Å². The minimum atomic E-state index is -0.117. The highest BCUT2D eigenvalue weighted by molar-refractivity contribution is 9.09. The predicted molar refractivity (Wildman–Crippen MR) is 76.1 cm³/mol. The van der Waals surface area contributed by atoms with Crippen LogP contribution in [0.4, 0.5) is 0 Å². The van der Waals surface area contributed by atoms with Crippen LogP contribution in [0.2, 0.25) is 5.02 Å². The summed E-state index contributed by atoms with van der Waals surface area (Å²) in [5.41, 5.74) is 1.93. The first-order valence-corrected chi connectivity index (χ1v) is 6.88. The van der Waals surface area contributed by atoms with E-state index in [1.807, 2.05) is 0 Å². The van der Waals surface area contributed by atoms with Crippen molar-refractivity contribution < 1.29 is 9.59 Å². The first-order chi connectivity index (χ1) is 8.47. The molecule has 2 aromatic rings. The molecule has 0 spiro atoms. The van der Waals surface area contributed by atoms with Gasteiger partial charge in [-0.05, 0) is 25.1 Å². The molecule has 0 fully saturated rings. The summed E-state index contributed by atoms with van der Waals surface area (Å²) < 4.78 is 1.54. The molecule has 2 rings (SSSR count). The van der Waals surface area contributed by atoms with Gasteiger partial charge in [0.1, 0.15) is 0 Å². The molecule has 0 aliphatic heterocycles. The molecule has 1 heterocycles. The average Bonchev–Trinajstić information content (AvgIpc) is 2.59. The lowest BCUT2D eigenvalue weighted by Crippen LogP contribution is -2.09. The number of benzene rings is 1. The predicted octanol–water partition coefficient (Wildman–Crippen LogP) is 3.84.